The van der Waals surface area contributed by atoms with Crippen LogP contribution in [0.5, 0.6) is 0 Å². The number of carbonyl (C=O) groups excluding carboxylic acids is 1. The molecule has 0 bridgehead atoms. The summed E-state index contributed by atoms with van der Waals surface area (Å²) in [6.45, 7) is 4.67. The summed E-state index contributed by atoms with van der Waals surface area (Å²) >= 11 is 0. The molecule has 0 N–H and O–H groups in total. The number of hydrogen-bond donors (Lipinski definition) is 0. The van der Waals surface area contributed by atoms with E-state index in [-0.39, 0.29) is 5.91 Å². The van der Waals surface area contributed by atoms with Gasteiger partial charge in [0.2, 0.25) is 5.91 Å². The van der Waals surface area contributed by atoms with Crippen molar-refractivity contribution in [2.75, 3.05) is 13.1 Å². The second-order valence-electron chi connectivity index (χ2n) is 8.84. The summed E-state index contributed by atoms with van der Waals surface area (Å²) in [4.78, 5) is 15.7. The first-order chi connectivity index (χ1) is 14.5. The van der Waals surface area contributed by atoms with Gasteiger partial charge in [-0.25, -0.2) is 8.78 Å². The molecule has 1 saturated heterocycles. The lowest BCUT2D eigenvalue weighted by Crippen LogP contribution is -2.37. The average Bonchev–Trinajstić information content (AvgIpc) is 3.56. The standard InChI is InChI=1S/C25H30F2N2O/c1-18(30)28-12-10-20(11-13-28)14-19-2-4-21(5-3-19)16-29(24-8-9-24)17-22-6-7-23(26)15-25(22)27/h2-7,15,20,24H,8-14,16-17H2,1H3. The highest BCUT2D eigenvalue weighted by Gasteiger charge is 2.29. The van der Waals surface area contributed by atoms with Crippen LogP contribution in [-0.4, -0.2) is 34.8 Å². The third-order valence-corrected chi connectivity index (χ3v) is 6.44. The first-order valence-electron chi connectivity index (χ1n) is 11.0. The van der Waals surface area contributed by atoms with Crippen molar-refractivity contribution in [3.63, 3.8) is 0 Å². The molecule has 5 heteroatoms. The highest BCUT2D eigenvalue weighted by molar-refractivity contribution is 5.73. The van der Waals surface area contributed by atoms with Crippen LogP contribution in [-0.2, 0) is 24.3 Å². The number of likely N-dealkylation sites (tertiary alicyclic amines) is 1. The van der Waals surface area contributed by atoms with Crippen LogP contribution >= 0.6 is 0 Å². The van der Waals surface area contributed by atoms with Crippen molar-refractivity contribution in [2.24, 2.45) is 5.92 Å². The Morgan fingerprint density at radius 2 is 1.63 bits per heavy atom. The smallest absolute Gasteiger partial charge is 0.219 e. The largest absolute Gasteiger partial charge is 0.343 e. The Hall–Kier alpha value is -2.27. The number of rotatable bonds is 7. The van der Waals surface area contributed by atoms with Gasteiger partial charge >= 0.3 is 0 Å². The number of amides is 1. The first kappa shape index (κ1) is 21.0. The van der Waals surface area contributed by atoms with Gasteiger partial charge in [0, 0.05) is 50.8 Å². The second-order valence-corrected chi connectivity index (χ2v) is 8.84. The van der Waals surface area contributed by atoms with Gasteiger partial charge in [-0.1, -0.05) is 30.3 Å². The molecular weight excluding hydrogens is 382 g/mol. The van der Waals surface area contributed by atoms with E-state index in [1.54, 1.807) is 13.0 Å². The third-order valence-electron chi connectivity index (χ3n) is 6.44. The molecule has 2 aliphatic rings. The average molecular weight is 413 g/mol. The Morgan fingerprint density at radius 3 is 2.23 bits per heavy atom. The van der Waals surface area contributed by atoms with Crippen LogP contribution in [0.4, 0.5) is 8.78 Å². The van der Waals surface area contributed by atoms with Crippen molar-refractivity contribution < 1.29 is 13.6 Å². The zero-order chi connectivity index (χ0) is 21.1. The number of benzene rings is 2. The molecule has 1 aliphatic heterocycles. The molecule has 3 nitrogen and oxygen atoms in total. The van der Waals surface area contributed by atoms with Gasteiger partial charge in [-0.05, 0) is 55.2 Å². The number of carbonyl (C=O) groups is 1. The molecule has 0 aromatic heterocycles. The van der Waals surface area contributed by atoms with Crippen molar-refractivity contribution in [2.45, 2.75) is 58.2 Å². The van der Waals surface area contributed by atoms with Crippen LogP contribution in [0.1, 0.15) is 49.3 Å². The number of piperidine rings is 1. The van der Waals surface area contributed by atoms with Gasteiger partial charge in [0.25, 0.3) is 0 Å². The van der Waals surface area contributed by atoms with Gasteiger partial charge in [0.1, 0.15) is 11.6 Å². The third kappa shape index (κ3) is 5.45. The van der Waals surface area contributed by atoms with Gasteiger partial charge < -0.3 is 4.90 Å². The van der Waals surface area contributed by atoms with Crippen LogP contribution in [0.2, 0.25) is 0 Å². The molecule has 0 spiro atoms. The fraction of sp³-hybridized carbons (Fsp3) is 0.480. The lowest BCUT2D eigenvalue weighted by molar-refractivity contribution is -0.130. The minimum atomic E-state index is -0.531. The van der Waals surface area contributed by atoms with Crippen LogP contribution < -0.4 is 0 Å². The molecule has 1 heterocycles. The molecule has 1 aliphatic carbocycles. The van der Waals surface area contributed by atoms with Gasteiger partial charge in [-0.2, -0.15) is 0 Å². The summed E-state index contributed by atoms with van der Waals surface area (Å²) in [6.07, 6.45) is 5.47. The monoisotopic (exact) mass is 412 g/mol. The zero-order valence-electron chi connectivity index (χ0n) is 17.6. The zero-order valence-corrected chi connectivity index (χ0v) is 17.6. The van der Waals surface area contributed by atoms with Crippen LogP contribution in [0, 0.1) is 17.6 Å². The fourth-order valence-electron chi connectivity index (χ4n) is 4.42. The Kier molecular flexibility index (Phi) is 6.47. The Bertz CT molecular complexity index is 871. The molecule has 2 aromatic rings. The van der Waals surface area contributed by atoms with Crippen molar-refractivity contribution >= 4 is 5.91 Å². The molecule has 1 saturated carbocycles. The van der Waals surface area contributed by atoms with Gasteiger partial charge in [0.05, 0.1) is 0 Å². The van der Waals surface area contributed by atoms with E-state index < -0.39 is 11.6 Å². The summed E-state index contributed by atoms with van der Waals surface area (Å²) in [6, 6.07) is 13.1. The van der Waals surface area contributed by atoms with Crippen LogP contribution in [0.3, 0.4) is 0 Å². The maximum absolute atomic E-state index is 14.1. The lowest BCUT2D eigenvalue weighted by atomic mass is 9.90. The molecule has 160 valence electrons. The molecule has 0 atom stereocenters. The topological polar surface area (TPSA) is 23.6 Å². The molecule has 2 aromatic carbocycles. The predicted octanol–water partition coefficient (Wildman–Crippen LogP) is 4.93. The van der Waals surface area contributed by atoms with Crippen LogP contribution in [0.25, 0.3) is 0 Å². The minimum Gasteiger partial charge on any atom is -0.343 e. The fourth-order valence-corrected chi connectivity index (χ4v) is 4.42. The SMILES string of the molecule is CC(=O)N1CCC(Cc2ccc(CN(Cc3ccc(F)cc3F)C3CC3)cc2)CC1. The van der Waals surface area contributed by atoms with Crippen LogP contribution in [0.15, 0.2) is 42.5 Å². The van der Waals surface area contributed by atoms with Crippen molar-refractivity contribution in [3.8, 4) is 0 Å². The summed E-state index contributed by atoms with van der Waals surface area (Å²) in [5, 5.41) is 0. The highest BCUT2D eigenvalue weighted by Crippen LogP contribution is 2.30. The number of hydrogen-bond acceptors (Lipinski definition) is 2. The highest BCUT2D eigenvalue weighted by atomic mass is 19.1. The summed E-state index contributed by atoms with van der Waals surface area (Å²) < 4.78 is 27.3. The Labute approximate surface area is 177 Å². The minimum absolute atomic E-state index is 0.179. The first-order valence-corrected chi connectivity index (χ1v) is 11.0. The molecule has 1 amide bonds. The van der Waals surface area contributed by atoms with Gasteiger partial charge in [-0.3, -0.25) is 9.69 Å². The molecular formula is C25H30F2N2O. The molecule has 0 unspecified atom stereocenters. The lowest BCUT2D eigenvalue weighted by Gasteiger charge is -2.31. The van der Waals surface area contributed by atoms with E-state index in [0.717, 1.165) is 57.8 Å². The van der Waals surface area contributed by atoms with E-state index in [9.17, 15) is 13.6 Å². The van der Waals surface area contributed by atoms with E-state index in [2.05, 4.69) is 29.2 Å². The second kappa shape index (κ2) is 9.25. The van der Waals surface area contributed by atoms with Crippen molar-refractivity contribution in [1.82, 2.24) is 9.80 Å². The Morgan fingerprint density at radius 1 is 0.967 bits per heavy atom. The molecule has 0 radical (unpaired) electrons. The van der Waals surface area contributed by atoms with E-state index in [1.807, 2.05) is 4.90 Å². The summed E-state index contributed by atoms with van der Waals surface area (Å²) in [5.74, 6) is -0.182. The number of halogens is 2. The van der Waals surface area contributed by atoms with Crippen molar-refractivity contribution in [3.05, 3.63) is 70.8 Å². The van der Waals surface area contributed by atoms with E-state index in [4.69, 9.17) is 0 Å². The maximum Gasteiger partial charge on any atom is 0.219 e. The maximum atomic E-state index is 14.1. The van der Waals surface area contributed by atoms with E-state index in [0.29, 0.717) is 24.1 Å². The van der Waals surface area contributed by atoms with Gasteiger partial charge in [0.15, 0.2) is 0 Å². The molecule has 2 fully saturated rings. The van der Waals surface area contributed by atoms with E-state index in [1.165, 1.54) is 17.2 Å². The van der Waals surface area contributed by atoms with Crippen molar-refractivity contribution in [1.29, 1.82) is 0 Å². The number of nitrogens with zero attached hydrogens (tertiary/aromatic N) is 2. The predicted molar refractivity (Wildman–Crippen MR) is 114 cm³/mol. The molecule has 4 rings (SSSR count). The quantitative estimate of drug-likeness (QED) is 0.644. The Balaban J connectivity index is 1.33. The van der Waals surface area contributed by atoms with E-state index >= 15 is 0 Å². The summed E-state index contributed by atoms with van der Waals surface area (Å²) in [7, 11) is 0. The normalized spacial score (nSPS) is 17.5. The summed E-state index contributed by atoms with van der Waals surface area (Å²) in [5.41, 5.74) is 3.11. The molecule has 30 heavy (non-hydrogen) atoms. The van der Waals surface area contributed by atoms with Gasteiger partial charge in [-0.15, -0.1) is 0 Å².